The van der Waals surface area contributed by atoms with Gasteiger partial charge < -0.3 is 14.7 Å². The number of aliphatic hydroxyl groups is 1. The molecule has 3 aliphatic rings. The molecule has 2 bridgehead atoms. The van der Waals surface area contributed by atoms with Crippen molar-refractivity contribution in [3.05, 3.63) is 77.6 Å². The lowest BCUT2D eigenvalue weighted by molar-refractivity contribution is -0.0915. The molecule has 6 rings (SSSR count). The van der Waals surface area contributed by atoms with E-state index in [1.165, 1.54) is 22.3 Å². The fourth-order valence-electron chi connectivity index (χ4n) is 6.27. The fraction of sp³-hybridized carbons (Fsp3) is 0.407. The number of rotatable bonds is 3. The summed E-state index contributed by atoms with van der Waals surface area (Å²) < 4.78 is 7.70. The third-order valence-electron chi connectivity index (χ3n) is 7.75. The number of aromatic nitrogens is 2. The number of piperidine rings is 2. The molecule has 3 heterocycles. The first-order valence-corrected chi connectivity index (χ1v) is 11.9. The molecule has 2 saturated heterocycles. The predicted molar refractivity (Wildman–Crippen MR) is 125 cm³/mol. The first-order chi connectivity index (χ1) is 16.0. The summed E-state index contributed by atoms with van der Waals surface area (Å²) in [5, 5.41) is 15.9. The van der Waals surface area contributed by atoms with Gasteiger partial charge in [-0.15, -0.1) is 0 Å². The van der Waals surface area contributed by atoms with Crippen LogP contribution in [-0.2, 0) is 17.4 Å². The summed E-state index contributed by atoms with van der Waals surface area (Å²) in [5.74, 6) is 0.0523. The molecule has 6 nitrogen and oxygen atoms in total. The normalized spacial score (nSPS) is 26.1. The summed E-state index contributed by atoms with van der Waals surface area (Å²) in [6.07, 6.45) is 5.46. The van der Waals surface area contributed by atoms with Gasteiger partial charge in [0.2, 0.25) is 0 Å². The minimum Gasteiger partial charge on any atom is -0.448 e. The standard InChI is InChI=1S/C27H29N3O3/c1-29-14-13-25(28-29)27(32)15-18-7-6-8-19(16-27)30(18)26(31)33-17-24-22-11-4-2-9-20(22)21-10-3-5-12-23(21)24/h2-5,9-14,18-19,24,32H,6-8,15-17H2,1H3. The monoisotopic (exact) mass is 443 g/mol. The van der Waals surface area contributed by atoms with Gasteiger partial charge in [0.15, 0.2) is 0 Å². The minimum atomic E-state index is -0.989. The number of ether oxygens (including phenoxy) is 1. The van der Waals surface area contributed by atoms with Gasteiger partial charge >= 0.3 is 6.09 Å². The van der Waals surface area contributed by atoms with E-state index >= 15 is 0 Å². The highest BCUT2D eigenvalue weighted by Crippen LogP contribution is 2.46. The zero-order valence-electron chi connectivity index (χ0n) is 18.9. The van der Waals surface area contributed by atoms with Gasteiger partial charge in [0.25, 0.3) is 0 Å². The number of carbonyl (C=O) groups excluding carboxylic acids is 1. The third kappa shape index (κ3) is 3.35. The molecule has 0 saturated carbocycles. The van der Waals surface area contributed by atoms with Crippen LogP contribution in [0.25, 0.3) is 11.1 Å². The van der Waals surface area contributed by atoms with Crippen LogP contribution in [0.15, 0.2) is 60.8 Å². The highest BCUT2D eigenvalue weighted by atomic mass is 16.6. The molecule has 6 heteroatoms. The second-order valence-corrected chi connectivity index (χ2v) is 9.76. The van der Waals surface area contributed by atoms with Crippen LogP contribution in [0.2, 0.25) is 0 Å². The summed E-state index contributed by atoms with van der Waals surface area (Å²) >= 11 is 0. The molecule has 1 N–H and O–H groups in total. The first-order valence-electron chi connectivity index (χ1n) is 11.9. The van der Waals surface area contributed by atoms with Gasteiger partial charge in [-0.2, -0.15) is 5.10 Å². The van der Waals surface area contributed by atoms with Crippen LogP contribution in [-0.4, -0.2) is 44.6 Å². The third-order valence-corrected chi connectivity index (χ3v) is 7.75. The number of hydrogen-bond acceptors (Lipinski definition) is 4. The van der Waals surface area contributed by atoms with Crippen LogP contribution in [0.4, 0.5) is 4.79 Å². The first kappa shape index (κ1) is 20.5. The molecule has 2 aromatic carbocycles. The lowest BCUT2D eigenvalue weighted by Gasteiger charge is -2.50. The summed E-state index contributed by atoms with van der Waals surface area (Å²) in [6, 6.07) is 18.6. The number of aryl methyl sites for hydroxylation is 1. The van der Waals surface area contributed by atoms with Gasteiger partial charge in [-0.3, -0.25) is 4.68 Å². The minimum absolute atomic E-state index is 0.0276. The average molecular weight is 444 g/mol. The van der Waals surface area contributed by atoms with E-state index in [0.717, 1.165) is 19.3 Å². The SMILES string of the molecule is Cn1ccc(C2(O)CC3CCCC(C2)N3C(=O)OCC2c3ccccc3-c3ccccc32)n1. The van der Waals surface area contributed by atoms with Crippen molar-refractivity contribution in [2.24, 2.45) is 7.05 Å². The summed E-state index contributed by atoms with van der Waals surface area (Å²) in [6.45, 7) is 0.327. The van der Waals surface area contributed by atoms with Crippen molar-refractivity contribution in [1.29, 1.82) is 0 Å². The predicted octanol–water partition coefficient (Wildman–Crippen LogP) is 4.57. The lowest BCUT2D eigenvalue weighted by atomic mass is 9.74. The molecule has 0 spiro atoms. The maximum Gasteiger partial charge on any atom is 0.410 e. The quantitative estimate of drug-likeness (QED) is 0.644. The second kappa shape index (κ2) is 7.73. The van der Waals surface area contributed by atoms with Gasteiger partial charge in [-0.1, -0.05) is 48.5 Å². The Kier molecular flexibility index (Phi) is 4.80. The van der Waals surface area contributed by atoms with E-state index in [9.17, 15) is 9.90 Å². The van der Waals surface area contributed by atoms with Gasteiger partial charge in [-0.25, -0.2) is 4.79 Å². The summed E-state index contributed by atoms with van der Waals surface area (Å²) in [4.78, 5) is 15.3. The molecule has 1 aromatic heterocycles. The Bertz CT molecular complexity index is 1140. The molecule has 170 valence electrons. The van der Waals surface area contributed by atoms with Crippen LogP contribution in [0.3, 0.4) is 0 Å². The lowest BCUT2D eigenvalue weighted by Crippen LogP contribution is -2.59. The van der Waals surface area contributed by atoms with Crippen LogP contribution < -0.4 is 0 Å². The van der Waals surface area contributed by atoms with E-state index < -0.39 is 5.60 Å². The van der Waals surface area contributed by atoms with Crippen LogP contribution >= 0.6 is 0 Å². The molecule has 2 fully saturated rings. The van der Waals surface area contributed by atoms with Gasteiger partial charge in [0, 0.05) is 44.1 Å². The van der Waals surface area contributed by atoms with Crippen LogP contribution in [0, 0.1) is 0 Å². The fourth-order valence-corrected chi connectivity index (χ4v) is 6.27. The van der Waals surface area contributed by atoms with Gasteiger partial charge in [0.1, 0.15) is 12.2 Å². The molecule has 1 amide bonds. The van der Waals surface area contributed by atoms with E-state index in [-0.39, 0.29) is 24.1 Å². The Balaban J connectivity index is 1.20. The maximum atomic E-state index is 13.3. The molecule has 1 aliphatic carbocycles. The molecule has 33 heavy (non-hydrogen) atoms. The zero-order valence-corrected chi connectivity index (χ0v) is 18.9. The Morgan fingerprint density at radius 3 is 2.21 bits per heavy atom. The smallest absolute Gasteiger partial charge is 0.410 e. The molecule has 2 atom stereocenters. The number of hydrogen-bond donors (Lipinski definition) is 1. The Labute approximate surface area is 193 Å². The molecule has 0 radical (unpaired) electrons. The van der Waals surface area contributed by atoms with E-state index in [1.54, 1.807) is 4.68 Å². The van der Waals surface area contributed by atoms with E-state index in [2.05, 4.69) is 41.5 Å². The number of benzene rings is 2. The highest BCUT2D eigenvalue weighted by Gasteiger charge is 2.49. The number of amides is 1. The topological polar surface area (TPSA) is 67.6 Å². The van der Waals surface area contributed by atoms with E-state index in [0.29, 0.717) is 25.1 Å². The molecule has 2 aliphatic heterocycles. The molecule has 3 aromatic rings. The largest absolute Gasteiger partial charge is 0.448 e. The summed E-state index contributed by atoms with van der Waals surface area (Å²) in [5.41, 5.74) is 4.60. The van der Waals surface area contributed by atoms with Crippen molar-refractivity contribution in [3.63, 3.8) is 0 Å². The summed E-state index contributed by atoms with van der Waals surface area (Å²) in [7, 11) is 1.86. The van der Waals surface area contributed by atoms with Crippen molar-refractivity contribution in [2.45, 2.75) is 55.7 Å². The number of fused-ring (bicyclic) bond motifs is 5. The van der Waals surface area contributed by atoms with E-state index in [4.69, 9.17) is 4.74 Å². The maximum absolute atomic E-state index is 13.3. The van der Waals surface area contributed by atoms with E-state index in [1.807, 2.05) is 36.3 Å². The van der Waals surface area contributed by atoms with Gasteiger partial charge in [-0.05, 0) is 47.6 Å². The number of carbonyl (C=O) groups is 1. The van der Waals surface area contributed by atoms with Crippen molar-refractivity contribution in [1.82, 2.24) is 14.7 Å². The second-order valence-electron chi connectivity index (χ2n) is 9.76. The molecular weight excluding hydrogens is 414 g/mol. The van der Waals surface area contributed by atoms with Crippen molar-refractivity contribution in [3.8, 4) is 11.1 Å². The number of nitrogens with zero attached hydrogens (tertiary/aromatic N) is 3. The highest BCUT2D eigenvalue weighted by molar-refractivity contribution is 5.79. The van der Waals surface area contributed by atoms with Crippen molar-refractivity contribution < 1.29 is 14.6 Å². The average Bonchev–Trinajstić information content (AvgIpc) is 3.39. The zero-order chi connectivity index (χ0) is 22.6. The van der Waals surface area contributed by atoms with Crippen molar-refractivity contribution in [2.75, 3.05) is 6.61 Å². The van der Waals surface area contributed by atoms with Gasteiger partial charge in [0.05, 0.1) is 5.69 Å². The Morgan fingerprint density at radius 2 is 1.64 bits per heavy atom. The van der Waals surface area contributed by atoms with Crippen LogP contribution in [0.5, 0.6) is 0 Å². The Hall–Kier alpha value is -3.12. The van der Waals surface area contributed by atoms with Crippen LogP contribution in [0.1, 0.15) is 54.8 Å². The molecular formula is C27H29N3O3. The Morgan fingerprint density at radius 1 is 1.03 bits per heavy atom. The van der Waals surface area contributed by atoms with Crippen molar-refractivity contribution >= 4 is 6.09 Å². The molecule has 2 unspecified atom stereocenters.